The van der Waals surface area contributed by atoms with Crippen molar-refractivity contribution < 1.29 is 14.9 Å². The number of hydrogen-bond donors (Lipinski definition) is 2. The van der Waals surface area contributed by atoms with Crippen molar-refractivity contribution in [2.45, 2.75) is 31.3 Å². The van der Waals surface area contributed by atoms with E-state index in [1.807, 2.05) is 6.26 Å². The fourth-order valence-electron chi connectivity index (χ4n) is 1.98. The van der Waals surface area contributed by atoms with Crippen molar-refractivity contribution in [1.82, 2.24) is 10.3 Å². The molecular formula is C15H20N4O4S. The van der Waals surface area contributed by atoms with Crippen molar-refractivity contribution in [3.8, 4) is 0 Å². The van der Waals surface area contributed by atoms with E-state index in [0.717, 1.165) is 0 Å². The van der Waals surface area contributed by atoms with E-state index >= 15 is 0 Å². The van der Waals surface area contributed by atoms with E-state index < -0.39 is 11.0 Å². The normalized spacial score (nSPS) is 13.5. The van der Waals surface area contributed by atoms with Crippen LogP contribution in [0.3, 0.4) is 0 Å². The Hall–Kier alpha value is -2.42. The number of carbonyl (C=O) groups excluding carboxylic acids is 1. The summed E-state index contributed by atoms with van der Waals surface area (Å²) in [7, 11) is 0. The molecule has 1 unspecified atom stereocenters. The van der Waals surface area contributed by atoms with Crippen LogP contribution in [0.2, 0.25) is 0 Å². The zero-order valence-electron chi connectivity index (χ0n) is 13.7. The predicted octanol–water partition coefficient (Wildman–Crippen LogP) is 2.37. The Bertz CT molecular complexity index is 661. The lowest BCUT2D eigenvalue weighted by atomic mass is 10.0. The Morgan fingerprint density at radius 2 is 2.33 bits per heavy atom. The third kappa shape index (κ3) is 5.34. The SMILES string of the molecule is CCC(=CC(CNC(=O)c1cccnc1SC)=NO)C(C)[N+](=O)[O-]. The third-order valence-electron chi connectivity index (χ3n) is 3.38. The smallest absolute Gasteiger partial charge is 0.254 e. The molecular weight excluding hydrogens is 332 g/mol. The topological polar surface area (TPSA) is 118 Å². The summed E-state index contributed by atoms with van der Waals surface area (Å²) in [5, 5.41) is 26.3. The standard InChI is InChI=1S/C15H20N4O4S/c1-4-11(10(2)19(22)23)8-12(18-21)9-17-14(20)13-6-5-7-16-15(13)24-3/h5-8,10,21H,4,9H2,1-3H3,(H,17,20). The van der Waals surface area contributed by atoms with E-state index in [9.17, 15) is 14.9 Å². The van der Waals surface area contributed by atoms with Gasteiger partial charge in [-0.2, -0.15) is 0 Å². The van der Waals surface area contributed by atoms with Crippen LogP contribution in [-0.2, 0) is 0 Å². The van der Waals surface area contributed by atoms with Gasteiger partial charge in [0.25, 0.3) is 5.91 Å². The number of thioether (sulfide) groups is 1. The van der Waals surface area contributed by atoms with Crippen molar-refractivity contribution in [2.75, 3.05) is 12.8 Å². The maximum Gasteiger partial charge on any atom is 0.254 e. The summed E-state index contributed by atoms with van der Waals surface area (Å²) in [5.74, 6) is -0.359. The Balaban J connectivity index is 2.83. The van der Waals surface area contributed by atoms with Crippen molar-refractivity contribution in [3.63, 3.8) is 0 Å². The fourth-order valence-corrected chi connectivity index (χ4v) is 2.52. The van der Waals surface area contributed by atoms with E-state index in [1.54, 1.807) is 25.3 Å². The van der Waals surface area contributed by atoms with Gasteiger partial charge < -0.3 is 10.5 Å². The van der Waals surface area contributed by atoms with Gasteiger partial charge in [-0.1, -0.05) is 12.1 Å². The van der Waals surface area contributed by atoms with Gasteiger partial charge in [-0.15, -0.1) is 11.8 Å². The summed E-state index contributed by atoms with van der Waals surface area (Å²) >= 11 is 1.35. The second kappa shape index (κ2) is 9.66. The van der Waals surface area contributed by atoms with Gasteiger partial charge in [-0.3, -0.25) is 14.9 Å². The second-order valence-electron chi connectivity index (χ2n) is 4.87. The molecule has 0 radical (unpaired) electrons. The van der Waals surface area contributed by atoms with Crippen LogP contribution in [0.1, 0.15) is 30.6 Å². The van der Waals surface area contributed by atoms with Crippen LogP contribution in [0.5, 0.6) is 0 Å². The maximum atomic E-state index is 12.2. The molecule has 1 aromatic heterocycles. The molecule has 1 amide bonds. The van der Waals surface area contributed by atoms with E-state index in [0.29, 0.717) is 22.6 Å². The molecule has 0 aromatic carbocycles. The molecule has 0 bridgehead atoms. The molecule has 0 spiro atoms. The minimum absolute atomic E-state index is 0.0496. The highest BCUT2D eigenvalue weighted by Crippen LogP contribution is 2.16. The van der Waals surface area contributed by atoms with Gasteiger partial charge >= 0.3 is 0 Å². The molecule has 0 aliphatic rings. The lowest BCUT2D eigenvalue weighted by Gasteiger charge is -2.09. The number of nitrogens with zero attached hydrogens (tertiary/aromatic N) is 3. The summed E-state index contributed by atoms with van der Waals surface area (Å²) in [6.07, 6.45) is 5.29. The largest absolute Gasteiger partial charge is 0.411 e. The summed E-state index contributed by atoms with van der Waals surface area (Å²) in [6.45, 7) is 3.19. The molecule has 1 heterocycles. The summed E-state index contributed by atoms with van der Waals surface area (Å²) in [5.41, 5.74) is 1.07. The fraction of sp³-hybridized carbons (Fsp3) is 0.400. The number of amides is 1. The van der Waals surface area contributed by atoms with Gasteiger partial charge in [0.1, 0.15) is 5.03 Å². The monoisotopic (exact) mass is 352 g/mol. The van der Waals surface area contributed by atoms with Crippen LogP contribution >= 0.6 is 11.8 Å². The van der Waals surface area contributed by atoms with Crippen LogP contribution in [-0.4, -0.2) is 45.6 Å². The van der Waals surface area contributed by atoms with Gasteiger partial charge in [0.2, 0.25) is 6.04 Å². The molecule has 0 aliphatic heterocycles. The van der Waals surface area contributed by atoms with E-state index in [1.165, 1.54) is 24.8 Å². The van der Waals surface area contributed by atoms with Gasteiger partial charge in [-0.05, 0) is 30.9 Å². The van der Waals surface area contributed by atoms with E-state index in [4.69, 9.17) is 5.21 Å². The average molecular weight is 352 g/mol. The Morgan fingerprint density at radius 3 is 2.88 bits per heavy atom. The minimum atomic E-state index is -0.885. The first kappa shape index (κ1) is 19.6. The zero-order valence-corrected chi connectivity index (χ0v) is 14.5. The van der Waals surface area contributed by atoms with Crippen molar-refractivity contribution in [1.29, 1.82) is 0 Å². The quantitative estimate of drug-likeness (QED) is 0.244. The van der Waals surface area contributed by atoms with Crippen molar-refractivity contribution in [2.24, 2.45) is 5.16 Å². The molecule has 130 valence electrons. The number of pyridine rings is 1. The molecule has 0 aliphatic carbocycles. The molecule has 24 heavy (non-hydrogen) atoms. The number of carbonyl (C=O) groups is 1. The summed E-state index contributed by atoms with van der Waals surface area (Å²) in [4.78, 5) is 26.8. The van der Waals surface area contributed by atoms with Crippen LogP contribution in [0.15, 0.2) is 40.2 Å². The highest BCUT2D eigenvalue weighted by molar-refractivity contribution is 7.98. The van der Waals surface area contributed by atoms with Crippen LogP contribution in [0, 0.1) is 10.1 Å². The molecule has 9 heteroatoms. The average Bonchev–Trinajstić information content (AvgIpc) is 2.61. The minimum Gasteiger partial charge on any atom is -0.411 e. The van der Waals surface area contributed by atoms with Crippen molar-refractivity contribution in [3.05, 3.63) is 45.7 Å². The lowest BCUT2D eigenvalue weighted by Crippen LogP contribution is -2.30. The first-order valence-corrected chi connectivity index (χ1v) is 8.49. The van der Waals surface area contributed by atoms with E-state index in [-0.39, 0.29) is 18.2 Å². The molecule has 0 saturated carbocycles. The first-order chi connectivity index (χ1) is 11.4. The van der Waals surface area contributed by atoms with Gasteiger partial charge in [0, 0.05) is 23.6 Å². The second-order valence-corrected chi connectivity index (χ2v) is 5.66. The number of nitro groups is 1. The van der Waals surface area contributed by atoms with Crippen LogP contribution in [0.4, 0.5) is 0 Å². The van der Waals surface area contributed by atoms with Gasteiger partial charge in [-0.25, -0.2) is 4.98 Å². The highest BCUT2D eigenvalue weighted by atomic mass is 32.2. The zero-order chi connectivity index (χ0) is 18.1. The maximum absolute atomic E-state index is 12.2. The molecule has 0 saturated heterocycles. The molecule has 0 fully saturated rings. The Kier molecular flexibility index (Phi) is 7.90. The van der Waals surface area contributed by atoms with E-state index in [2.05, 4.69) is 15.5 Å². The Labute approximate surface area is 144 Å². The molecule has 1 atom stereocenters. The van der Waals surface area contributed by atoms with Gasteiger partial charge in [0.05, 0.1) is 17.8 Å². The highest BCUT2D eigenvalue weighted by Gasteiger charge is 2.19. The number of oxime groups is 1. The molecule has 1 rings (SSSR count). The lowest BCUT2D eigenvalue weighted by molar-refractivity contribution is -0.507. The summed E-state index contributed by atoms with van der Waals surface area (Å²) < 4.78 is 0. The van der Waals surface area contributed by atoms with Crippen LogP contribution in [0.25, 0.3) is 0 Å². The molecule has 8 nitrogen and oxygen atoms in total. The van der Waals surface area contributed by atoms with Crippen molar-refractivity contribution >= 4 is 23.4 Å². The molecule has 1 aromatic rings. The van der Waals surface area contributed by atoms with Gasteiger partial charge in [0.15, 0.2) is 0 Å². The summed E-state index contributed by atoms with van der Waals surface area (Å²) in [6, 6.07) is 2.42. The number of nitrogens with one attached hydrogen (secondary N) is 1. The number of hydrogen-bond acceptors (Lipinski definition) is 7. The number of aromatic nitrogens is 1. The van der Waals surface area contributed by atoms with Crippen LogP contribution < -0.4 is 5.32 Å². The predicted molar refractivity (Wildman–Crippen MR) is 92.4 cm³/mol. The third-order valence-corrected chi connectivity index (χ3v) is 4.09. The Morgan fingerprint density at radius 1 is 1.62 bits per heavy atom. The first-order valence-electron chi connectivity index (χ1n) is 7.26. The molecule has 2 N–H and O–H groups in total. The number of rotatable bonds is 8.